The molecule has 1 unspecified atom stereocenters. The maximum atomic E-state index is 12.5. The van der Waals surface area contributed by atoms with E-state index in [1.807, 2.05) is 48.5 Å². The van der Waals surface area contributed by atoms with Gasteiger partial charge < -0.3 is 20.1 Å². The third-order valence-corrected chi connectivity index (χ3v) is 5.52. The predicted octanol–water partition coefficient (Wildman–Crippen LogP) is 3.82. The summed E-state index contributed by atoms with van der Waals surface area (Å²) in [6.45, 7) is 2.05. The third-order valence-electron chi connectivity index (χ3n) is 5.52. The van der Waals surface area contributed by atoms with E-state index in [1.54, 1.807) is 7.11 Å². The number of rotatable bonds is 5. The fourth-order valence-electron chi connectivity index (χ4n) is 3.86. The van der Waals surface area contributed by atoms with Crippen molar-refractivity contribution in [2.24, 2.45) is 11.3 Å². The molecule has 2 aromatic rings. The van der Waals surface area contributed by atoms with Crippen LogP contribution >= 0.6 is 0 Å². The van der Waals surface area contributed by atoms with Crippen LogP contribution in [0.4, 0.5) is 5.69 Å². The first-order chi connectivity index (χ1) is 12.7. The zero-order valence-electron chi connectivity index (χ0n) is 15.0. The Bertz CT molecular complexity index is 782. The fourth-order valence-corrected chi connectivity index (χ4v) is 3.86. The summed E-state index contributed by atoms with van der Waals surface area (Å²) in [5, 5.41) is 6.42. The minimum Gasteiger partial charge on any atom is -0.493 e. The molecule has 2 aliphatic rings. The molecule has 5 heteroatoms. The lowest BCUT2D eigenvalue weighted by atomic mass is 9.92. The molecule has 1 amide bonds. The summed E-state index contributed by atoms with van der Waals surface area (Å²) < 4.78 is 11.2. The Balaban J connectivity index is 1.37. The van der Waals surface area contributed by atoms with Gasteiger partial charge in [-0.15, -0.1) is 0 Å². The fraction of sp³-hybridized carbons (Fsp3) is 0.381. The van der Waals surface area contributed by atoms with E-state index >= 15 is 0 Å². The molecule has 5 nitrogen and oxygen atoms in total. The van der Waals surface area contributed by atoms with E-state index in [1.165, 1.54) is 0 Å². The Morgan fingerprint density at radius 2 is 1.77 bits per heavy atom. The average molecular weight is 352 g/mol. The molecule has 2 fully saturated rings. The zero-order chi connectivity index (χ0) is 18.0. The molecular weight excluding hydrogens is 328 g/mol. The molecule has 1 saturated heterocycles. The first kappa shape index (κ1) is 16.9. The summed E-state index contributed by atoms with van der Waals surface area (Å²) in [7, 11) is 1.62. The van der Waals surface area contributed by atoms with E-state index < -0.39 is 0 Å². The van der Waals surface area contributed by atoms with Crippen molar-refractivity contribution < 1.29 is 14.3 Å². The number of hydrogen-bond donors (Lipinski definition) is 2. The SMILES string of the molecule is COc1ccccc1Oc1ccc(NC(=O)C2CC23CCNCC3)cc1. The van der Waals surface area contributed by atoms with Crippen LogP contribution in [0.1, 0.15) is 19.3 Å². The molecule has 0 radical (unpaired) electrons. The monoisotopic (exact) mass is 352 g/mol. The topological polar surface area (TPSA) is 59.6 Å². The predicted molar refractivity (Wildman–Crippen MR) is 101 cm³/mol. The largest absolute Gasteiger partial charge is 0.493 e. The second-order valence-corrected chi connectivity index (χ2v) is 7.14. The molecule has 2 N–H and O–H groups in total. The normalized spacial score (nSPS) is 20.4. The lowest BCUT2D eigenvalue weighted by Gasteiger charge is -2.23. The molecule has 1 atom stereocenters. The first-order valence-electron chi connectivity index (χ1n) is 9.13. The van der Waals surface area contributed by atoms with Gasteiger partial charge in [0.15, 0.2) is 11.5 Å². The van der Waals surface area contributed by atoms with Gasteiger partial charge in [0.05, 0.1) is 7.11 Å². The van der Waals surface area contributed by atoms with E-state index in [9.17, 15) is 4.79 Å². The number of ether oxygens (including phenoxy) is 2. The maximum absolute atomic E-state index is 12.5. The second-order valence-electron chi connectivity index (χ2n) is 7.14. The van der Waals surface area contributed by atoms with Crippen molar-refractivity contribution in [2.45, 2.75) is 19.3 Å². The van der Waals surface area contributed by atoms with Gasteiger partial charge in [-0.1, -0.05) is 12.1 Å². The number of amides is 1. The smallest absolute Gasteiger partial charge is 0.228 e. The van der Waals surface area contributed by atoms with Crippen LogP contribution in [0.2, 0.25) is 0 Å². The number of carbonyl (C=O) groups excluding carboxylic acids is 1. The van der Waals surface area contributed by atoms with Crippen LogP contribution in [0, 0.1) is 11.3 Å². The van der Waals surface area contributed by atoms with E-state index in [4.69, 9.17) is 9.47 Å². The number of benzene rings is 2. The van der Waals surface area contributed by atoms with Crippen LogP contribution in [-0.4, -0.2) is 26.1 Å². The van der Waals surface area contributed by atoms with Crippen LogP contribution in [-0.2, 0) is 4.79 Å². The highest BCUT2D eigenvalue weighted by atomic mass is 16.5. The van der Waals surface area contributed by atoms with Crippen molar-refractivity contribution >= 4 is 11.6 Å². The Kier molecular flexibility index (Phi) is 4.55. The molecule has 0 bridgehead atoms. The van der Waals surface area contributed by atoms with Gasteiger partial charge in [-0.05, 0) is 74.2 Å². The molecule has 1 heterocycles. The van der Waals surface area contributed by atoms with Crippen LogP contribution < -0.4 is 20.1 Å². The molecule has 2 aromatic carbocycles. The molecule has 26 heavy (non-hydrogen) atoms. The van der Waals surface area contributed by atoms with Crippen molar-refractivity contribution in [3.8, 4) is 17.2 Å². The minimum atomic E-state index is 0.144. The highest BCUT2D eigenvalue weighted by molar-refractivity contribution is 5.95. The summed E-state index contributed by atoms with van der Waals surface area (Å²) in [6, 6.07) is 15.0. The van der Waals surface area contributed by atoms with Gasteiger partial charge in [-0.2, -0.15) is 0 Å². The van der Waals surface area contributed by atoms with E-state index in [2.05, 4.69) is 10.6 Å². The number of nitrogens with one attached hydrogen (secondary N) is 2. The number of methoxy groups -OCH3 is 1. The molecule has 4 rings (SSSR count). The van der Waals surface area contributed by atoms with E-state index in [0.717, 1.165) is 38.0 Å². The summed E-state index contributed by atoms with van der Waals surface area (Å²) in [4.78, 5) is 12.5. The maximum Gasteiger partial charge on any atom is 0.228 e. The molecular formula is C21H24N2O3. The molecule has 1 aliphatic heterocycles. The molecule has 1 aliphatic carbocycles. The summed E-state index contributed by atoms with van der Waals surface area (Å²) >= 11 is 0. The quantitative estimate of drug-likeness (QED) is 0.859. The van der Waals surface area contributed by atoms with Crippen molar-refractivity contribution in [3.05, 3.63) is 48.5 Å². The molecule has 0 aromatic heterocycles. The van der Waals surface area contributed by atoms with E-state index in [-0.39, 0.29) is 17.2 Å². The standard InChI is InChI=1S/C21H24N2O3/c1-25-18-4-2-3-5-19(18)26-16-8-6-15(7-9-16)23-20(24)17-14-21(17)10-12-22-13-11-21/h2-9,17,22H,10-14H2,1H3,(H,23,24). The Hall–Kier alpha value is -2.53. The second kappa shape index (κ2) is 7.00. The Labute approximate surface area is 153 Å². The van der Waals surface area contributed by atoms with Crippen LogP contribution in [0.5, 0.6) is 17.2 Å². The van der Waals surface area contributed by atoms with Gasteiger partial charge in [0.25, 0.3) is 0 Å². The van der Waals surface area contributed by atoms with Gasteiger partial charge in [-0.25, -0.2) is 0 Å². The number of carbonyl (C=O) groups is 1. The van der Waals surface area contributed by atoms with Crippen molar-refractivity contribution in [2.75, 3.05) is 25.5 Å². The van der Waals surface area contributed by atoms with Gasteiger partial charge in [-0.3, -0.25) is 4.79 Å². The van der Waals surface area contributed by atoms with Gasteiger partial charge in [0.1, 0.15) is 5.75 Å². The lowest BCUT2D eigenvalue weighted by molar-refractivity contribution is -0.118. The molecule has 1 saturated carbocycles. The minimum absolute atomic E-state index is 0.144. The first-order valence-corrected chi connectivity index (χ1v) is 9.13. The van der Waals surface area contributed by atoms with Gasteiger partial charge in [0.2, 0.25) is 5.91 Å². The van der Waals surface area contributed by atoms with Crippen molar-refractivity contribution in [3.63, 3.8) is 0 Å². The average Bonchev–Trinajstić information content (AvgIpc) is 3.37. The van der Waals surface area contributed by atoms with Gasteiger partial charge >= 0.3 is 0 Å². The van der Waals surface area contributed by atoms with Crippen LogP contribution in [0.15, 0.2) is 48.5 Å². The molecule has 1 spiro atoms. The number of para-hydroxylation sites is 2. The Morgan fingerprint density at radius 1 is 1.08 bits per heavy atom. The highest BCUT2D eigenvalue weighted by Gasteiger charge is 2.57. The number of hydrogen-bond acceptors (Lipinski definition) is 4. The van der Waals surface area contributed by atoms with Gasteiger partial charge in [0, 0.05) is 11.6 Å². The van der Waals surface area contributed by atoms with Crippen LogP contribution in [0.25, 0.3) is 0 Å². The highest BCUT2D eigenvalue weighted by Crippen LogP contribution is 2.58. The van der Waals surface area contributed by atoms with Crippen molar-refractivity contribution in [1.82, 2.24) is 5.32 Å². The van der Waals surface area contributed by atoms with E-state index in [0.29, 0.717) is 17.2 Å². The summed E-state index contributed by atoms with van der Waals surface area (Å²) in [5.41, 5.74) is 1.06. The summed E-state index contributed by atoms with van der Waals surface area (Å²) in [5.74, 6) is 2.36. The zero-order valence-corrected chi connectivity index (χ0v) is 15.0. The Morgan fingerprint density at radius 3 is 2.46 bits per heavy atom. The number of anilines is 1. The van der Waals surface area contributed by atoms with Crippen molar-refractivity contribution in [1.29, 1.82) is 0 Å². The summed E-state index contributed by atoms with van der Waals surface area (Å²) in [6.07, 6.45) is 3.24. The molecule has 136 valence electrons. The third kappa shape index (κ3) is 3.40. The number of piperidine rings is 1. The van der Waals surface area contributed by atoms with Crippen LogP contribution in [0.3, 0.4) is 0 Å². The lowest BCUT2D eigenvalue weighted by Crippen LogP contribution is -2.31.